The number of aliphatic carboxylic acids is 1. The molecule has 0 aliphatic carbocycles. The zero-order valence-electron chi connectivity index (χ0n) is 6.67. The van der Waals surface area contributed by atoms with Crippen LogP contribution in [0.1, 0.15) is 5.56 Å². The average Bonchev–Trinajstić information content (AvgIpc) is 2.54. The molecule has 0 saturated carbocycles. The number of nitrogens with one attached hydrogen (secondary N) is 1. The summed E-state index contributed by atoms with van der Waals surface area (Å²) in [4.78, 5) is 11.7. The van der Waals surface area contributed by atoms with Crippen molar-refractivity contribution in [3.05, 3.63) is 24.0 Å². The van der Waals surface area contributed by atoms with Gasteiger partial charge in [0.05, 0.1) is 5.56 Å². The lowest BCUT2D eigenvalue weighted by Gasteiger charge is -1.93. The molecule has 76 valence electrons. The Morgan fingerprint density at radius 3 is 2.21 bits per heavy atom. The van der Waals surface area contributed by atoms with Crippen LogP contribution in [0, 0.1) is 11.3 Å². The predicted octanol–water partition coefficient (Wildman–Crippen LogP) is 1.52. The predicted molar refractivity (Wildman–Crippen MR) is 39.2 cm³/mol. The maximum Gasteiger partial charge on any atom is 0.490 e. The van der Waals surface area contributed by atoms with E-state index in [-0.39, 0.29) is 0 Å². The number of rotatable bonds is 0. The summed E-state index contributed by atoms with van der Waals surface area (Å²) in [6, 6.07) is 3.70. The van der Waals surface area contributed by atoms with Crippen LogP contribution in [0.4, 0.5) is 13.2 Å². The molecule has 1 aromatic heterocycles. The fraction of sp³-hybridized carbons (Fsp3) is 0.143. The highest BCUT2D eigenvalue weighted by molar-refractivity contribution is 5.73. The Morgan fingerprint density at radius 1 is 1.57 bits per heavy atom. The van der Waals surface area contributed by atoms with Gasteiger partial charge in [0.25, 0.3) is 0 Å². The molecule has 1 rings (SSSR count). The Labute approximate surface area is 76.6 Å². The van der Waals surface area contributed by atoms with Crippen molar-refractivity contribution in [1.82, 2.24) is 4.98 Å². The number of alkyl halides is 3. The minimum absolute atomic E-state index is 0.681. The van der Waals surface area contributed by atoms with Crippen LogP contribution in [-0.2, 0) is 4.79 Å². The number of carboxylic acids is 1. The molecule has 0 bridgehead atoms. The first kappa shape index (κ1) is 12.0. The van der Waals surface area contributed by atoms with Gasteiger partial charge in [-0.2, -0.15) is 18.4 Å². The van der Waals surface area contributed by atoms with Crippen molar-refractivity contribution < 1.29 is 23.1 Å². The van der Waals surface area contributed by atoms with Gasteiger partial charge in [-0.1, -0.05) is 0 Å². The van der Waals surface area contributed by atoms with Gasteiger partial charge in [0.1, 0.15) is 6.07 Å². The molecule has 1 heterocycles. The van der Waals surface area contributed by atoms with E-state index in [1.54, 1.807) is 18.5 Å². The summed E-state index contributed by atoms with van der Waals surface area (Å²) < 4.78 is 31.7. The molecule has 0 aliphatic heterocycles. The second-order valence-corrected chi connectivity index (χ2v) is 2.01. The van der Waals surface area contributed by atoms with Crippen LogP contribution in [-0.4, -0.2) is 22.2 Å². The molecule has 4 nitrogen and oxygen atoms in total. The summed E-state index contributed by atoms with van der Waals surface area (Å²) in [5.41, 5.74) is 0.681. The summed E-state index contributed by atoms with van der Waals surface area (Å²) in [5.74, 6) is -2.76. The highest BCUT2D eigenvalue weighted by Crippen LogP contribution is 2.13. The number of aromatic nitrogens is 1. The number of H-pyrrole nitrogens is 1. The molecular formula is C7H5F3N2O2. The molecule has 14 heavy (non-hydrogen) atoms. The monoisotopic (exact) mass is 206 g/mol. The molecule has 1 aromatic rings. The Balaban J connectivity index is 0.000000241. The largest absolute Gasteiger partial charge is 0.490 e. The highest BCUT2D eigenvalue weighted by Gasteiger charge is 2.38. The third-order valence-corrected chi connectivity index (χ3v) is 0.970. The molecule has 2 N–H and O–H groups in total. The Bertz CT molecular complexity index is 324. The van der Waals surface area contributed by atoms with Crippen molar-refractivity contribution in [1.29, 1.82) is 5.26 Å². The van der Waals surface area contributed by atoms with Gasteiger partial charge in [-0.3, -0.25) is 0 Å². The van der Waals surface area contributed by atoms with Crippen molar-refractivity contribution in [2.24, 2.45) is 0 Å². The van der Waals surface area contributed by atoms with E-state index in [9.17, 15) is 13.2 Å². The van der Waals surface area contributed by atoms with Gasteiger partial charge < -0.3 is 10.1 Å². The lowest BCUT2D eigenvalue weighted by atomic mass is 10.4. The minimum atomic E-state index is -5.08. The third-order valence-electron chi connectivity index (χ3n) is 0.970. The van der Waals surface area contributed by atoms with E-state index in [2.05, 4.69) is 4.98 Å². The molecule has 0 fully saturated rings. The molecule has 0 radical (unpaired) electrons. The van der Waals surface area contributed by atoms with Gasteiger partial charge in [0.15, 0.2) is 0 Å². The first-order valence-corrected chi connectivity index (χ1v) is 3.21. The summed E-state index contributed by atoms with van der Waals surface area (Å²) in [5, 5.41) is 15.3. The molecule has 0 unspecified atom stereocenters. The number of hydrogen-bond donors (Lipinski definition) is 2. The van der Waals surface area contributed by atoms with Gasteiger partial charge >= 0.3 is 12.1 Å². The third kappa shape index (κ3) is 4.82. The van der Waals surface area contributed by atoms with E-state index in [1.807, 2.05) is 6.07 Å². The topological polar surface area (TPSA) is 76.9 Å². The van der Waals surface area contributed by atoms with Crippen LogP contribution < -0.4 is 0 Å². The standard InChI is InChI=1S/C5H4N2.C2HF3O2/c6-3-5-1-2-7-4-5;3-2(4,5)1(6)7/h1-2,4,7H;(H,6,7). The number of nitrogens with zero attached hydrogens (tertiary/aromatic N) is 1. The van der Waals surface area contributed by atoms with Crippen LogP contribution >= 0.6 is 0 Å². The fourth-order valence-corrected chi connectivity index (χ4v) is 0.393. The van der Waals surface area contributed by atoms with Crippen molar-refractivity contribution in [2.75, 3.05) is 0 Å². The van der Waals surface area contributed by atoms with Crippen LogP contribution in [0.3, 0.4) is 0 Å². The van der Waals surface area contributed by atoms with Crippen LogP contribution in [0.25, 0.3) is 0 Å². The highest BCUT2D eigenvalue weighted by atomic mass is 19.4. The molecular weight excluding hydrogens is 201 g/mol. The first-order valence-electron chi connectivity index (χ1n) is 3.21. The fourth-order valence-electron chi connectivity index (χ4n) is 0.393. The van der Waals surface area contributed by atoms with Gasteiger partial charge in [0, 0.05) is 12.4 Å². The van der Waals surface area contributed by atoms with E-state index < -0.39 is 12.1 Å². The first-order chi connectivity index (χ1) is 6.38. The van der Waals surface area contributed by atoms with Crippen LogP contribution in [0.15, 0.2) is 18.5 Å². The smallest absolute Gasteiger partial charge is 0.475 e. The average molecular weight is 206 g/mol. The number of carboxylic acid groups (broad SMARTS) is 1. The summed E-state index contributed by atoms with van der Waals surface area (Å²) in [6.07, 6.45) is -1.71. The van der Waals surface area contributed by atoms with E-state index >= 15 is 0 Å². The number of aromatic amines is 1. The molecule has 0 atom stereocenters. The molecule has 0 aromatic carbocycles. The SMILES string of the molecule is N#Cc1cc[nH]c1.O=C(O)C(F)(F)F. The summed E-state index contributed by atoms with van der Waals surface area (Å²) >= 11 is 0. The normalized spacial score (nSPS) is 9.57. The molecule has 0 spiro atoms. The minimum Gasteiger partial charge on any atom is -0.475 e. The Kier molecular flexibility index (Phi) is 4.22. The Hall–Kier alpha value is -1.97. The zero-order valence-corrected chi connectivity index (χ0v) is 6.67. The van der Waals surface area contributed by atoms with Crippen molar-refractivity contribution in [2.45, 2.75) is 6.18 Å². The lowest BCUT2D eigenvalue weighted by Crippen LogP contribution is -2.21. The molecule has 0 amide bonds. The summed E-state index contributed by atoms with van der Waals surface area (Å²) in [7, 11) is 0. The second-order valence-electron chi connectivity index (χ2n) is 2.01. The van der Waals surface area contributed by atoms with Crippen LogP contribution in [0.5, 0.6) is 0 Å². The van der Waals surface area contributed by atoms with Crippen LogP contribution in [0.2, 0.25) is 0 Å². The molecule has 7 heteroatoms. The maximum atomic E-state index is 10.6. The van der Waals surface area contributed by atoms with Gasteiger partial charge in [-0.25, -0.2) is 4.79 Å². The second kappa shape index (κ2) is 4.91. The van der Waals surface area contributed by atoms with Gasteiger partial charge in [-0.05, 0) is 6.07 Å². The van der Waals surface area contributed by atoms with E-state index in [4.69, 9.17) is 15.2 Å². The van der Waals surface area contributed by atoms with Crippen molar-refractivity contribution in [3.63, 3.8) is 0 Å². The zero-order chi connectivity index (χ0) is 11.2. The van der Waals surface area contributed by atoms with E-state index in [0.717, 1.165) is 0 Å². The number of hydrogen-bond acceptors (Lipinski definition) is 2. The van der Waals surface area contributed by atoms with Gasteiger partial charge in [0.2, 0.25) is 0 Å². The number of carbonyl (C=O) groups is 1. The molecule has 0 saturated heterocycles. The van der Waals surface area contributed by atoms with Gasteiger partial charge in [-0.15, -0.1) is 0 Å². The summed E-state index contributed by atoms with van der Waals surface area (Å²) in [6.45, 7) is 0. The van der Waals surface area contributed by atoms with E-state index in [0.29, 0.717) is 5.56 Å². The lowest BCUT2D eigenvalue weighted by molar-refractivity contribution is -0.192. The number of halogens is 3. The Morgan fingerprint density at radius 2 is 2.07 bits per heavy atom. The quantitative estimate of drug-likeness (QED) is 0.675. The van der Waals surface area contributed by atoms with Crippen molar-refractivity contribution >= 4 is 5.97 Å². The molecule has 0 aliphatic rings. The van der Waals surface area contributed by atoms with E-state index in [1.165, 1.54) is 0 Å². The number of nitriles is 1. The maximum absolute atomic E-state index is 10.6. The van der Waals surface area contributed by atoms with Crippen molar-refractivity contribution in [3.8, 4) is 6.07 Å².